The van der Waals surface area contributed by atoms with Crippen LogP contribution in [0.5, 0.6) is 0 Å². The number of alkyl halides is 1. The molecule has 5 heteroatoms. The van der Waals surface area contributed by atoms with Crippen molar-refractivity contribution in [2.75, 3.05) is 13.7 Å². The molecule has 0 heterocycles. The Labute approximate surface area is 108 Å². The van der Waals surface area contributed by atoms with Crippen LogP contribution < -0.4 is 5.32 Å². The highest BCUT2D eigenvalue weighted by Gasteiger charge is 2.13. The molecule has 16 heavy (non-hydrogen) atoms. The van der Waals surface area contributed by atoms with Gasteiger partial charge in [-0.2, -0.15) is 0 Å². The van der Waals surface area contributed by atoms with Crippen molar-refractivity contribution >= 4 is 28.6 Å². The molecular weight excluding hydrogens is 324 g/mol. The van der Waals surface area contributed by atoms with E-state index in [0.29, 0.717) is 13.1 Å². The first kappa shape index (κ1) is 13.4. The van der Waals surface area contributed by atoms with Crippen molar-refractivity contribution in [2.24, 2.45) is 0 Å². The molecule has 1 aromatic carbocycles. The number of halogens is 2. The Balaban J connectivity index is 2.30. The summed E-state index contributed by atoms with van der Waals surface area (Å²) in [7, 11) is 1.37. The van der Waals surface area contributed by atoms with Crippen molar-refractivity contribution in [3.05, 3.63) is 35.6 Å². The Morgan fingerprint density at radius 3 is 2.69 bits per heavy atom. The molecule has 0 aromatic heterocycles. The predicted molar refractivity (Wildman–Crippen MR) is 67.9 cm³/mol. The van der Waals surface area contributed by atoms with Gasteiger partial charge in [-0.25, -0.2) is 4.39 Å². The number of methoxy groups -OCH3 is 1. The van der Waals surface area contributed by atoms with E-state index in [4.69, 9.17) is 0 Å². The van der Waals surface area contributed by atoms with Gasteiger partial charge in [-0.15, -0.1) is 0 Å². The highest BCUT2D eigenvalue weighted by atomic mass is 127. The molecule has 0 saturated heterocycles. The average molecular weight is 337 g/mol. The number of carbonyl (C=O) groups is 1. The molecule has 3 nitrogen and oxygen atoms in total. The first-order valence-corrected chi connectivity index (χ1v) is 6.05. The predicted octanol–water partition coefficient (Wildman–Crippen LogP) is 1.89. The number of carbonyl (C=O) groups excluding carboxylic acids is 1. The summed E-state index contributed by atoms with van der Waals surface area (Å²) in [5.41, 5.74) is 0.981. The van der Waals surface area contributed by atoms with E-state index in [-0.39, 0.29) is 15.7 Å². The van der Waals surface area contributed by atoms with Crippen LogP contribution in [0.4, 0.5) is 4.39 Å². The summed E-state index contributed by atoms with van der Waals surface area (Å²) in [6.07, 6.45) is 0. The van der Waals surface area contributed by atoms with E-state index in [1.165, 1.54) is 19.2 Å². The van der Waals surface area contributed by atoms with Crippen molar-refractivity contribution in [1.29, 1.82) is 0 Å². The zero-order chi connectivity index (χ0) is 12.0. The van der Waals surface area contributed by atoms with Gasteiger partial charge in [0.1, 0.15) is 9.74 Å². The average Bonchev–Trinajstić information content (AvgIpc) is 2.30. The monoisotopic (exact) mass is 337 g/mol. The summed E-state index contributed by atoms with van der Waals surface area (Å²) in [6, 6.07) is 6.25. The molecule has 0 amide bonds. The van der Waals surface area contributed by atoms with Crippen LogP contribution in [-0.2, 0) is 16.1 Å². The fraction of sp³-hybridized carbons (Fsp3) is 0.364. The number of rotatable bonds is 5. The second-order valence-electron chi connectivity index (χ2n) is 3.25. The molecule has 88 valence electrons. The Hall–Kier alpha value is -0.690. The molecule has 1 aromatic rings. The molecule has 0 aliphatic heterocycles. The lowest BCUT2D eigenvalue weighted by Crippen LogP contribution is -2.29. The maximum absolute atomic E-state index is 12.6. The van der Waals surface area contributed by atoms with Crippen molar-refractivity contribution in [1.82, 2.24) is 5.32 Å². The lowest BCUT2D eigenvalue weighted by molar-refractivity contribution is -0.139. The number of esters is 1. The Morgan fingerprint density at radius 1 is 1.50 bits per heavy atom. The number of hydrogen-bond donors (Lipinski definition) is 1. The molecule has 1 atom stereocenters. The molecule has 1 rings (SSSR count). The third-order valence-corrected chi connectivity index (χ3v) is 2.97. The molecule has 0 aliphatic carbocycles. The summed E-state index contributed by atoms with van der Waals surface area (Å²) in [4.78, 5) is 11.1. The molecular formula is C11H13FINO2. The van der Waals surface area contributed by atoms with Crippen LogP contribution in [0.25, 0.3) is 0 Å². The first-order valence-electron chi connectivity index (χ1n) is 4.80. The van der Waals surface area contributed by atoms with Gasteiger partial charge in [0.2, 0.25) is 0 Å². The van der Waals surface area contributed by atoms with Crippen LogP contribution >= 0.6 is 22.6 Å². The molecule has 1 unspecified atom stereocenters. The first-order chi connectivity index (χ1) is 7.63. The summed E-state index contributed by atoms with van der Waals surface area (Å²) in [6.45, 7) is 1.14. The largest absolute Gasteiger partial charge is 0.468 e. The van der Waals surface area contributed by atoms with Crippen molar-refractivity contribution in [3.8, 4) is 0 Å². The van der Waals surface area contributed by atoms with Crippen LogP contribution in [0.2, 0.25) is 0 Å². The van der Waals surface area contributed by atoms with Gasteiger partial charge >= 0.3 is 5.97 Å². The Morgan fingerprint density at radius 2 is 2.12 bits per heavy atom. The van der Waals surface area contributed by atoms with Gasteiger partial charge in [0, 0.05) is 13.1 Å². The fourth-order valence-corrected chi connectivity index (χ4v) is 1.72. The Kier molecular flexibility index (Phi) is 5.68. The summed E-state index contributed by atoms with van der Waals surface area (Å²) in [5, 5.41) is 3.11. The van der Waals surface area contributed by atoms with E-state index in [2.05, 4.69) is 10.1 Å². The fourth-order valence-electron chi connectivity index (χ4n) is 1.16. The molecule has 1 N–H and O–H groups in total. The number of nitrogens with one attached hydrogen (secondary N) is 1. The second kappa shape index (κ2) is 6.80. The van der Waals surface area contributed by atoms with Gasteiger partial charge < -0.3 is 10.1 Å². The van der Waals surface area contributed by atoms with Gasteiger partial charge in [-0.1, -0.05) is 34.7 Å². The minimum Gasteiger partial charge on any atom is -0.468 e. The van der Waals surface area contributed by atoms with Gasteiger partial charge in [0.15, 0.2) is 0 Å². The topological polar surface area (TPSA) is 38.3 Å². The smallest absolute Gasteiger partial charge is 0.319 e. The summed E-state index contributed by atoms with van der Waals surface area (Å²) < 4.78 is 17.0. The highest BCUT2D eigenvalue weighted by molar-refractivity contribution is 14.1. The minimum absolute atomic E-state index is 0.206. The van der Waals surface area contributed by atoms with E-state index in [1.807, 2.05) is 22.6 Å². The van der Waals surface area contributed by atoms with Gasteiger partial charge in [0.25, 0.3) is 0 Å². The summed E-state index contributed by atoms with van der Waals surface area (Å²) in [5.74, 6) is -0.489. The number of benzene rings is 1. The lowest BCUT2D eigenvalue weighted by Gasteiger charge is -2.09. The lowest BCUT2D eigenvalue weighted by atomic mass is 10.2. The van der Waals surface area contributed by atoms with E-state index in [0.717, 1.165) is 5.56 Å². The van der Waals surface area contributed by atoms with E-state index >= 15 is 0 Å². The third-order valence-electron chi connectivity index (χ3n) is 2.02. The van der Waals surface area contributed by atoms with Crippen LogP contribution in [0.1, 0.15) is 5.56 Å². The Bertz CT molecular complexity index is 342. The molecule has 0 radical (unpaired) electrons. The number of hydrogen-bond acceptors (Lipinski definition) is 3. The van der Waals surface area contributed by atoms with Crippen LogP contribution in [0, 0.1) is 5.82 Å². The van der Waals surface area contributed by atoms with Crippen LogP contribution in [0.3, 0.4) is 0 Å². The van der Waals surface area contributed by atoms with Crippen molar-refractivity contribution in [2.45, 2.75) is 10.5 Å². The van der Waals surface area contributed by atoms with Gasteiger partial charge in [-0.3, -0.25) is 4.79 Å². The van der Waals surface area contributed by atoms with Crippen LogP contribution in [0.15, 0.2) is 24.3 Å². The summed E-state index contributed by atoms with van der Waals surface area (Å²) >= 11 is 2.02. The minimum atomic E-state index is -0.245. The van der Waals surface area contributed by atoms with E-state index < -0.39 is 0 Å². The zero-order valence-electron chi connectivity index (χ0n) is 8.87. The molecule has 0 bridgehead atoms. The zero-order valence-corrected chi connectivity index (χ0v) is 11.0. The van der Waals surface area contributed by atoms with Gasteiger partial charge in [0.05, 0.1) is 7.11 Å². The standard InChI is InChI=1S/C11H13FINO2/c1-16-11(15)10(13)7-14-6-8-2-4-9(12)5-3-8/h2-5,10,14H,6-7H2,1H3. The van der Waals surface area contributed by atoms with E-state index in [9.17, 15) is 9.18 Å². The third kappa shape index (κ3) is 4.44. The number of ether oxygens (including phenoxy) is 1. The van der Waals surface area contributed by atoms with E-state index in [1.54, 1.807) is 12.1 Å². The second-order valence-corrected chi connectivity index (χ2v) is 4.75. The molecule has 0 saturated carbocycles. The quantitative estimate of drug-likeness (QED) is 0.507. The maximum atomic E-state index is 12.6. The molecule has 0 aliphatic rings. The van der Waals surface area contributed by atoms with Crippen LogP contribution in [-0.4, -0.2) is 23.5 Å². The van der Waals surface area contributed by atoms with Crippen molar-refractivity contribution < 1.29 is 13.9 Å². The maximum Gasteiger partial charge on any atom is 0.319 e. The molecule has 0 fully saturated rings. The van der Waals surface area contributed by atoms with Gasteiger partial charge in [-0.05, 0) is 17.7 Å². The highest BCUT2D eigenvalue weighted by Crippen LogP contribution is 2.04. The van der Waals surface area contributed by atoms with Crippen molar-refractivity contribution in [3.63, 3.8) is 0 Å². The molecule has 0 spiro atoms. The normalized spacial score (nSPS) is 12.2. The SMILES string of the molecule is COC(=O)C(I)CNCc1ccc(F)cc1.